The zero-order chi connectivity index (χ0) is 15.1. The van der Waals surface area contributed by atoms with Gasteiger partial charge in [-0.25, -0.2) is 4.79 Å². The fraction of sp³-hybridized carbons (Fsp3) is 0.312. The Morgan fingerprint density at radius 1 is 1.14 bits per heavy atom. The van der Waals surface area contributed by atoms with Crippen LogP contribution < -0.4 is 10.6 Å². The van der Waals surface area contributed by atoms with Crippen molar-refractivity contribution < 1.29 is 9.90 Å². The van der Waals surface area contributed by atoms with Crippen LogP contribution in [-0.4, -0.2) is 17.7 Å². The predicted octanol–water partition coefficient (Wildman–Crippen LogP) is 3.23. The molecule has 0 bridgehead atoms. The van der Waals surface area contributed by atoms with Crippen LogP contribution in [0.5, 0.6) is 0 Å². The van der Waals surface area contributed by atoms with Crippen LogP contribution in [0.1, 0.15) is 35.9 Å². The first-order valence-corrected chi connectivity index (χ1v) is 7.88. The molecule has 2 aromatic rings. The zero-order valence-corrected chi connectivity index (χ0v) is 12.8. The van der Waals surface area contributed by atoms with Crippen LogP contribution in [0.2, 0.25) is 0 Å². The van der Waals surface area contributed by atoms with Gasteiger partial charge in [-0.15, -0.1) is 11.3 Å². The number of aliphatic hydroxyl groups excluding tert-OH is 1. The van der Waals surface area contributed by atoms with Crippen molar-refractivity contribution >= 4 is 17.4 Å². The molecule has 2 amide bonds. The minimum absolute atomic E-state index is 0.000108. The number of carbonyl (C=O) groups excluding carboxylic acids is 1. The highest BCUT2D eigenvalue weighted by Crippen LogP contribution is 2.21. The van der Waals surface area contributed by atoms with Gasteiger partial charge in [0.15, 0.2) is 0 Å². The smallest absolute Gasteiger partial charge is 0.315 e. The van der Waals surface area contributed by atoms with Crippen LogP contribution >= 0.6 is 11.3 Å². The Morgan fingerprint density at radius 3 is 2.43 bits per heavy atom. The standard InChI is InChI=1S/C16H20N2O2S/c1-2-13(15-9-6-10-21-15)17-16(20)18-14(11-19)12-7-4-3-5-8-12/h3-10,13-14,19H,2,11H2,1H3,(H2,17,18,20). The van der Waals surface area contributed by atoms with Gasteiger partial charge in [-0.05, 0) is 23.4 Å². The average Bonchev–Trinajstić information content (AvgIpc) is 3.05. The molecule has 1 aromatic carbocycles. The molecule has 2 unspecified atom stereocenters. The summed E-state index contributed by atoms with van der Waals surface area (Å²) in [5.74, 6) is 0. The maximum atomic E-state index is 12.1. The van der Waals surface area contributed by atoms with Crippen LogP contribution in [-0.2, 0) is 0 Å². The third-order valence-corrected chi connectivity index (χ3v) is 4.28. The zero-order valence-electron chi connectivity index (χ0n) is 12.0. The lowest BCUT2D eigenvalue weighted by Crippen LogP contribution is -2.40. The monoisotopic (exact) mass is 304 g/mol. The summed E-state index contributed by atoms with van der Waals surface area (Å²) in [7, 11) is 0. The molecule has 0 fully saturated rings. The lowest BCUT2D eigenvalue weighted by molar-refractivity contribution is 0.214. The molecule has 0 saturated heterocycles. The molecule has 0 aliphatic rings. The van der Waals surface area contributed by atoms with Gasteiger partial charge in [-0.1, -0.05) is 43.3 Å². The van der Waals surface area contributed by atoms with Gasteiger partial charge < -0.3 is 15.7 Å². The van der Waals surface area contributed by atoms with Crippen molar-refractivity contribution in [3.8, 4) is 0 Å². The molecule has 2 atom stereocenters. The van der Waals surface area contributed by atoms with E-state index < -0.39 is 6.04 Å². The third kappa shape index (κ3) is 4.31. The first-order valence-electron chi connectivity index (χ1n) is 7.00. The second-order valence-corrected chi connectivity index (χ2v) is 5.72. The number of aliphatic hydroxyl groups is 1. The van der Waals surface area contributed by atoms with Gasteiger partial charge in [0.05, 0.1) is 18.7 Å². The Hall–Kier alpha value is -1.85. The summed E-state index contributed by atoms with van der Waals surface area (Å²) in [6.45, 7) is 1.90. The summed E-state index contributed by atoms with van der Waals surface area (Å²) in [5, 5.41) is 17.2. The largest absolute Gasteiger partial charge is 0.394 e. The maximum absolute atomic E-state index is 12.1. The number of thiophene rings is 1. The van der Waals surface area contributed by atoms with Gasteiger partial charge in [0.25, 0.3) is 0 Å². The molecule has 112 valence electrons. The second-order valence-electron chi connectivity index (χ2n) is 4.74. The molecule has 0 spiro atoms. The van der Waals surface area contributed by atoms with E-state index in [4.69, 9.17) is 0 Å². The average molecular weight is 304 g/mol. The molecular formula is C16H20N2O2S. The van der Waals surface area contributed by atoms with E-state index in [0.717, 1.165) is 16.9 Å². The van der Waals surface area contributed by atoms with Crippen LogP contribution in [0, 0.1) is 0 Å². The Morgan fingerprint density at radius 2 is 1.86 bits per heavy atom. The SMILES string of the molecule is CCC(NC(=O)NC(CO)c1ccccc1)c1cccs1. The third-order valence-electron chi connectivity index (χ3n) is 3.29. The minimum atomic E-state index is -0.396. The highest BCUT2D eigenvalue weighted by atomic mass is 32.1. The van der Waals surface area contributed by atoms with E-state index in [1.165, 1.54) is 0 Å². The van der Waals surface area contributed by atoms with E-state index in [-0.39, 0.29) is 18.7 Å². The molecular weight excluding hydrogens is 284 g/mol. The van der Waals surface area contributed by atoms with E-state index in [1.807, 2.05) is 54.8 Å². The molecule has 0 radical (unpaired) electrons. The minimum Gasteiger partial charge on any atom is -0.394 e. The number of carbonyl (C=O) groups is 1. The van der Waals surface area contributed by atoms with Gasteiger partial charge in [0.2, 0.25) is 0 Å². The first kappa shape index (κ1) is 15.5. The Kier molecular flexibility index (Phi) is 5.78. The fourth-order valence-electron chi connectivity index (χ4n) is 2.14. The van der Waals surface area contributed by atoms with Crippen molar-refractivity contribution in [3.05, 3.63) is 58.3 Å². The maximum Gasteiger partial charge on any atom is 0.315 e. The number of hydrogen-bond acceptors (Lipinski definition) is 3. The molecule has 0 aliphatic heterocycles. The van der Waals surface area contributed by atoms with Gasteiger partial charge in [-0.3, -0.25) is 0 Å². The number of benzene rings is 1. The van der Waals surface area contributed by atoms with E-state index in [2.05, 4.69) is 10.6 Å². The Labute approximate surface area is 128 Å². The van der Waals surface area contributed by atoms with Crippen molar-refractivity contribution in [2.45, 2.75) is 25.4 Å². The summed E-state index contributed by atoms with van der Waals surface area (Å²) < 4.78 is 0. The lowest BCUT2D eigenvalue weighted by atomic mass is 10.1. The van der Waals surface area contributed by atoms with E-state index in [1.54, 1.807) is 11.3 Å². The topological polar surface area (TPSA) is 61.4 Å². The highest BCUT2D eigenvalue weighted by Gasteiger charge is 2.17. The first-order chi connectivity index (χ1) is 10.2. The summed E-state index contributed by atoms with van der Waals surface area (Å²) in [6.07, 6.45) is 0.822. The second kappa shape index (κ2) is 7.81. The van der Waals surface area contributed by atoms with E-state index >= 15 is 0 Å². The number of hydrogen-bond donors (Lipinski definition) is 3. The molecule has 1 heterocycles. The van der Waals surface area contributed by atoms with E-state index in [0.29, 0.717) is 0 Å². The van der Waals surface area contributed by atoms with Crippen molar-refractivity contribution in [3.63, 3.8) is 0 Å². The summed E-state index contributed by atoms with van der Waals surface area (Å²) in [6, 6.07) is 12.8. The normalized spacial score (nSPS) is 13.4. The fourth-order valence-corrected chi connectivity index (χ4v) is 3.00. The summed E-state index contributed by atoms with van der Waals surface area (Å²) in [5.41, 5.74) is 0.888. The molecule has 4 nitrogen and oxygen atoms in total. The van der Waals surface area contributed by atoms with E-state index in [9.17, 15) is 9.90 Å². The molecule has 5 heteroatoms. The molecule has 21 heavy (non-hydrogen) atoms. The summed E-state index contributed by atoms with van der Waals surface area (Å²) in [4.78, 5) is 13.3. The molecule has 0 saturated carbocycles. The van der Waals surface area contributed by atoms with Crippen molar-refractivity contribution in [1.29, 1.82) is 0 Å². The van der Waals surface area contributed by atoms with Crippen LogP contribution in [0.3, 0.4) is 0 Å². The number of rotatable bonds is 6. The van der Waals surface area contributed by atoms with Gasteiger partial charge in [-0.2, -0.15) is 0 Å². The van der Waals surface area contributed by atoms with Gasteiger partial charge in [0.1, 0.15) is 0 Å². The lowest BCUT2D eigenvalue weighted by Gasteiger charge is -2.20. The Balaban J connectivity index is 1.97. The van der Waals surface area contributed by atoms with Crippen molar-refractivity contribution in [2.24, 2.45) is 0 Å². The van der Waals surface area contributed by atoms with Gasteiger partial charge in [0, 0.05) is 4.88 Å². The Bertz CT molecular complexity index is 543. The quantitative estimate of drug-likeness (QED) is 0.767. The molecule has 1 aromatic heterocycles. The van der Waals surface area contributed by atoms with Crippen LogP contribution in [0.25, 0.3) is 0 Å². The molecule has 2 rings (SSSR count). The predicted molar refractivity (Wildman–Crippen MR) is 85.3 cm³/mol. The van der Waals surface area contributed by atoms with Crippen molar-refractivity contribution in [2.75, 3.05) is 6.61 Å². The van der Waals surface area contributed by atoms with Crippen LogP contribution in [0.4, 0.5) is 4.79 Å². The highest BCUT2D eigenvalue weighted by molar-refractivity contribution is 7.10. The summed E-state index contributed by atoms with van der Waals surface area (Å²) >= 11 is 1.63. The number of amides is 2. The molecule has 3 N–H and O–H groups in total. The number of urea groups is 1. The van der Waals surface area contributed by atoms with Crippen LogP contribution in [0.15, 0.2) is 47.8 Å². The van der Waals surface area contributed by atoms with Gasteiger partial charge >= 0.3 is 6.03 Å². The number of nitrogens with one attached hydrogen (secondary N) is 2. The van der Waals surface area contributed by atoms with Crippen molar-refractivity contribution in [1.82, 2.24) is 10.6 Å². The molecule has 0 aliphatic carbocycles.